The topological polar surface area (TPSA) is 107 Å². The van der Waals surface area contributed by atoms with E-state index in [4.69, 9.17) is 16.2 Å². The van der Waals surface area contributed by atoms with Gasteiger partial charge in [-0.15, -0.1) is 0 Å². The van der Waals surface area contributed by atoms with E-state index in [0.29, 0.717) is 6.07 Å². The smallest absolute Gasteiger partial charge is 0.251 e. The fourth-order valence-corrected chi connectivity index (χ4v) is 1.50. The van der Waals surface area contributed by atoms with Crippen molar-refractivity contribution in [2.24, 2.45) is 11.5 Å². The molecule has 0 aliphatic carbocycles. The summed E-state index contributed by atoms with van der Waals surface area (Å²) in [5, 5.41) is 2.21. The Morgan fingerprint density at radius 3 is 2.50 bits per heavy atom. The van der Waals surface area contributed by atoms with Crippen LogP contribution in [0.1, 0.15) is 16.8 Å². The van der Waals surface area contributed by atoms with Crippen molar-refractivity contribution < 1.29 is 23.1 Å². The molecule has 0 bridgehead atoms. The fourth-order valence-electron chi connectivity index (χ4n) is 1.50. The highest BCUT2D eigenvalue weighted by Crippen LogP contribution is 2.19. The highest BCUT2D eigenvalue weighted by atomic mass is 19.1. The van der Waals surface area contributed by atoms with Crippen molar-refractivity contribution in [3.8, 4) is 0 Å². The Labute approximate surface area is 114 Å². The van der Waals surface area contributed by atoms with Crippen LogP contribution in [0.15, 0.2) is 12.1 Å². The molecule has 5 N–H and O–H groups in total. The number of nitrogens with one attached hydrogen (secondary N) is 1. The lowest BCUT2D eigenvalue weighted by molar-refractivity contribution is -0.118. The SMILES string of the molecule is COC(CN)CC(=O)Nc1cc(C(N)=O)c(F)cc1F. The Balaban J connectivity index is 2.89. The molecule has 0 saturated heterocycles. The average Bonchev–Trinajstić information content (AvgIpc) is 2.38. The summed E-state index contributed by atoms with van der Waals surface area (Å²) in [4.78, 5) is 22.6. The van der Waals surface area contributed by atoms with E-state index in [1.807, 2.05) is 0 Å². The summed E-state index contributed by atoms with van der Waals surface area (Å²) in [7, 11) is 1.38. The predicted molar refractivity (Wildman–Crippen MR) is 68.0 cm³/mol. The third kappa shape index (κ3) is 3.97. The number of nitrogens with two attached hydrogens (primary N) is 2. The first-order chi connectivity index (χ1) is 9.38. The molecule has 1 unspecified atom stereocenters. The van der Waals surface area contributed by atoms with Gasteiger partial charge in [-0.2, -0.15) is 0 Å². The van der Waals surface area contributed by atoms with Crippen LogP contribution in [0.25, 0.3) is 0 Å². The molecule has 1 aromatic rings. The zero-order valence-electron chi connectivity index (χ0n) is 10.8. The number of hydrogen-bond acceptors (Lipinski definition) is 4. The van der Waals surface area contributed by atoms with Gasteiger partial charge in [-0.25, -0.2) is 8.78 Å². The number of methoxy groups -OCH3 is 1. The van der Waals surface area contributed by atoms with Crippen LogP contribution in [0.3, 0.4) is 0 Å². The highest BCUT2D eigenvalue weighted by Gasteiger charge is 2.17. The summed E-state index contributed by atoms with van der Waals surface area (Å²) < 4.78 is 31.6. The molecule has 0 radical (unpaired) electrons. The molecule has 8 heteroatoms. The molecule has 1 aromatic carbocycles. The number of hydrogen-bond donors (Lipinski definition) is 3. The second-order valence-electron chi connectivity index (χ2n) is 4.02. The number of halogens is 2. The second kappa shape index (κ2) is 6.92. The van der Waals surface area contributed by atoms with E-state index in [1.54, 1.807) is 0 Å². The van der Waals surface area contributed by atoms with Crippen molar-refractivity contribution in [1.29, 1.82) is 0 Å². The quantitative estimate of drug-likeness (QED) is 0.702. The Hall–Kier alpha value is -2.06. The molecular formula is C12H15F2N3O3. The van der Waals surface area contributed by atoms with Crippen molar-refractivity contribution in [3.63, 3.8) is 0 Å². The lowest BCUT2D eigenvalue weighted by atomic mass is 10.1. The van der Waals surface area contributed by atoms with Gasteiger partial charge in [0.15, 0.2) is 0 Å². The van der Waals surface area contributed by atoms with E-state index in [2.05, 4.69) is 5.32 Å². The van der Waals surface area contributed by atoms with Crippen LogP contribution >= 0.6 is 0 Å². The first-order valence-corrected chi connectivity index (χ1v) is 5.70. The molecule has 110 valence electrons. The monoisotopic (exact) mass is 287 g/mol. The molecule has 0 fully saturated rings. The first-order valence-electron chi connectivity index (χ1n) is 5.70. The van der Waals surface area contributed by atoms with Gasteiger partial charge >= 0.3 is 0 Å². The van der Waals surface area contributed by atoms with Crippen LogP contribution in [0, 0.1) is 11.6 Å². The van der Waals surface area contributed by atoms with Crippen molar-refractivity contribution in [3.05, 3.63) is 29.3 Å². The molecular weight excluding hydrogens is 272 g/mol. The lowest BCUT2D eigenvalue weighted by Crippen LogP contribution is -2.28. The molecule has 20 heavy (non-hydrogen) atoms. The van der Waals surface area contributed by atoms with Crippen molar-refractivity contribution in [1.82, 2.24) is 0 Å². The summed E-state index contributed by atoms with van der Waals surface area (Å²) >= 11 is 0. The number of ether oxygens (including phenoxy) is 1. The van der Waals surface area contributed by atoms with Crippen LogP contribution in [-0.4, -0.2) is 31.6 Å². The number of benzene rings is 1. The molecule has 0 aliphatic rings. The van der Waals surface area contributed by atoms with Crippen LogP contribution < -0.4 is 16.8 Å². The van der Waals surface area contributed by atoms with Gasteiger partial charge in [-0.05, 0) is 6.07 Å². The number of primary amides is 1. The number of anilines is 1. The van der Waals surface area contributed by atoms with Gasteiger partial charge in [0, 0.05) is 19.7 Å². The Kier molecular flexibility index (Phi) is 5.53. The highest BCUT2D eigenvalue weighted by molar-refractivity contribution is 5.96. The van der Waals surface area contributed by atoms with Gasteiger partial charge in [0.2, 0.25) is 5.91 Å². The van der Waals surface area contributed by atoms with E-state index < -0.39 is 35.1 Å². The van der Waals surface area contributed by atoms with Gasteiger partial charge in [0.25, 0.3) is 5.91 Å². The summed E-state index contributed by atoms with van der Waals surface area (Å²) in [6.45, 7) is 0.113. The van der Waals surface area contributed by atoms with E-state index in [0.717, 1.165) is 6.07 Å². The molecule has 0 heterocycles. The minimum Gasteiger partial charge on any atom is -0.380 e. The van der Waals surface area contributed by atoms with Crippen LogP contribution in [0.2, 0.25) is 0 Å². The van der Waals surface area contributed by atoms with Gasteiger partial charge in [0.1, 0.15) is 11.6 Å². The summed E-state index contributed by atoms with van der Waals surface area (Å²) in [6, 6.07) is 1.32. The molecule has 0 spiro atoms. The standard InChI is InChI=1S/C12H15F2N3O3/c1-20-6(5-15)2-11(18)17-10-3-7(12(16)19)8(13)4-9(10)14/h3-4,6H,2,5,15H2,1H3,(H2,16,19)(H,17,18). The van der Waals surface area contributed by atoms with Crippen LogP contribution in [-0.2, 0) is 9.53 Å². The van der Waals surface area contributed by atoms with E-state index in [9.17, 15) is 18.4 Å². The first kappa shape index (κ1) is 16.0. The third-order valence-corrected chi connectivity index (χ3v) is 2.61. The van der Waals surface area contributed by atoms with E-state index in [-0.39, 0.29) is 18.7 Å². The number of amides is 2. The molecule has 0 saturated carbocycles. The Morgan fingerprint density at radius 2 is 2.00 bits per heavy atom. The average molecular weight is 287 g/mol. The summed E-state index contributed by atoms with van der Waals surface area (Å²) in [5.74, 6) is -3.75. The van der Waals surface area contributed by atoms with Crippen molar-refractivity contribution >= 4 is 17.5 Å². The molecule has 1 rings (SSSR count). The number of carbonyl (C=O) groups is 2. The van der Waals surface area contributed by atoms with Gasteiger partial charge in [-0.1, -0.05) is 0 Å². The minimum absolute atomic E-state index is 0.101. The zero-order chi connectivity index (χ0) is 15.3. The van der Waals surface area contributed by atoms with Crippen LogP contribution in [0.4, 0.5) is 14.5 Å². The van der Waals surface area contributed by atoms with E-state index >= 15 is 0 Å². The molecule has 0 aromatic heterocycles. The maximum atomic E-state index is 13.5. The maximum absolute atomic E-state index is 13.5. The summed E-state index contributed by atoms with van der Waals surface area (Å²) in [5.41, 5.74) is 9.44. The summed E-state index contributed by atoms with van der Waals surface area (Å²) in [6.07, 6.45) is -0.621. The predicted octanol–water partition coefficient (Wildman–Crippen LogP) is 0.366. The lowest BCUT2D eigenvalue weighted by Gasteiger charge is -2.13. The van der Waals surface area contributed by atoms with Gasteiger partial charge in [-0.3, -0.25) is 9.59 Å². The normalized spacial score (nSPS) is 12.0. The minimum atomic E-state index is -1.09. The van der Waals surface area contributed by atoms with Gasteiger partial charge < -0.3 is 21.5 Å². The number of carbonyl (C=O) groups excluding carboxylic acids is 2. The van der Waals surface area contributed by atoms with Crippen LogP contribution in [0.5, 0.6) is 0 Å². The molecule has 2 amide bonds. The third-order valence-electron chi connectivity index (χ3n) is 2.61. The maximum Gasteiger partial charge on any atom is 0.251 e. The van der Waals surface area contributed by atoms with Crippen molar-refractivity contribution in [2.45, 2.75) is 12.5 Å². The molecule has 6 nitrogen and oxygen atoms in total. The van der Waals surface area contributed by atoms with Crippen molar-refractivity contribution in [2.75, 3.05) is 19.0 Å². The Morgan fingerprint density at radius 1 is 1.35 bits per heavy atom. The fraction of sp³-hybridized carbons (Fsp3) is 0.333. The van der Waals surface area contributed by atoms with E-state index in [1.165, 1.54) is 7.11 Å². The second-order valence-corrected chi connectivity index (χ2v) is 4.02. The zero-order valence-corrected chi connectivity index (χ0v) is 10.8. The molecule has 1 atom stereocenters. The van der Waals surface area contributed by atoms with Gasteiger partial charge in [0.05, 0.1) is 23.8 Å². The molecule has 0 aliphatic heterocycles. The Bertz CT molecular complexity index is 519. The number of rotatable bonds is 6. The largest absolute Gasteiger partial charge is 0.380 e.